The number of ketones is 1. The Balaban J connectivity index is 4.09. The monoisotopic (exact) mass is 202 g/mol. The molecule has 0 fully saturated rings. The van der Waals surface area contributed by atoms with Gasteiger partial charge in [-0.05, 0) is 34.6 Å². The van der Waals surface area contributed by atoms with Gasteiger partial charge in [0.2, 0.25) is 0 Å². The normalized spacial score (nSPS) is 15.4. The summed E-state index contributed by atoms with van der Waals surface area (Å²) in [6, 6.07) is 0. The van der Waals surface area contributed by atoms with Gasteiger partial charge in [-0.2, -0.15) is 0 Å². The van der Waals surface area contributed by atoms with Crippen molar-refractivity contribution in [1.82, 2.24) is 0 Å². The lowest BCUT2D eigenvalue weighted by Gasteiger charge is -2.26. The number of carbonyl (C=O) groups is 1. The predicted octanol–water partition coefficient (Wildman–Crippen LogP) is 0.783. The van der Waals surface area contributed by atoms with E-state index in [4.69, 9.17) is 16.2 Å². The Kier molecular flexibility index (Phi) is 4.24. The van der Waals surface area contributed by atoms with Crippen LogP contribution in [0.15, 0.2) is 0 Å². The van der Waals surface area contributed by atoms with Crippen LogP contribution in [0.1, 0.15) is 41.0 Å². The molecule has 4 nitrogen and oxygen atoms in total. The highest BCUT2D eigenvalue weighted by Crippen LogP contribution is 2.11. The van der Waals surface area contributed by atoms with Crippen LogP contribution >= 0.6 is 0 Å². The summed E-state index contributed by atoms with van der Waals surface area (Å²) >= 11 is 0. The van der Waals surface area contributed by atoms with Gasteiger partial charge in [0.05, 0.1) is 11.6 Å². The molecule has 0 aliphatic carbocycles. The Morgan fingerprint density at radius 2 is 1.71 bits per heavy atom. The van der Waals surface area contributed by atoms with E-state index in [1.807, 2.05) is 6.92 Å². The Morgan fingerprint density at radius 3 is 2.00 bits per heavy atom. The molecule has 0 bridgehead atoms. The second-order valence-corrected chi connectivity index (χ2v) is 4.88. The minimum atomic E-state index is -0.795. The van der Waals surface area contributed by atoms with Gasteiger partial charge in [-0.1, -0.05) is 0 Å². The van der Waals surface area contributed by atoms with Crippen molar-refractivity contribution in [1.29, 1.82) is 0 Å². The molecule has 0 aromatic heterocycles. The van der Waals surface area contributed by atoms with Crippen LogP contribution in [0.3, 0.4) is 0 Å². The van der Waals surface area contributed by atoms with Crippen LogP contribution in [0.25, 0.3) is 0 Å². The lowest BCUT2D eigenvalue weighted by atomic mass is 9.96. The highest BCUT2D eigenvalue weighted by Gasteiger charge is 2.25. The van der Waals surface area contributed by atoms with Gasteiger partial charge < -0.3 is 16.2 Å². The molecule has 0 rings (SSSR count). The molecule has 0 aromatic carbocycles. The summed E-state index contributed by atoms with van der Waals surface area (Å²) in [5.41, 5.74) is 9.81. The molecule has 0 aromatic rings. The SMILES string of the molecule is CC(CC(=O)C(C)(C)N)OC(C)(C)N. The highest BCUT2D eigenvalue weighted by atomic mass is 16.5. The molecule has 0 aliphatic rings. The van der Waals surface area contributed by atoms with Crippen molar-refractivity contribution in [3.63, 3.8) is 0 Å². The molecule has 14 heavy (non-hydrogen) atoms. The smallest absolute Gasteiger partial charge is 0.154 e. The van der Waals surface area contributed by atoms with Crippen LogP contribution < -0.4 is 11.5 Å². The molecular formula is C10H22N2O2. The molecule has 0 spiro atoms. The van der Waals surface area contributed by atoms with Gasteiger partial charge >= 0.3 is 0 Å². The molecule has 0 amide bonds. The number of Topliss-reactive ketones (excluding diaryl/α,β-unsaturated/α-hetero) is 1. The van der Waals surface area contributed by atoms with Crippen molar-refractivity contribution in [2.75, 3.05) is 0 Å². The van der Waals surface area contributed by atoms with Gasteiger partial charge in [0, 0.05) is 6.42 Å². The zero-order valence-corrected chi connectivity index (χ0v) is 9.76. The Morgan fingerprint density at radius 1 is 1.29 bits per heavy atom. The summed E-state index contributed by atoms with van der Waals surface area (Å²) in [5, 5.41) is 0. The summed E-state index contributed by atoms with van der Waals surface area (Å²) in [4.78, 5) is 11.5. The largest absolute Gasteiger partial charge is 0.358 e. The Labute approximate surface area is 86.0 Å². The molecule has 1 atom stereocenters. The van der Waals surface area contributed by atoms with Crippen molar-refractivity contribution in [3.8, 4) is 0 Å². The first-order valence-corrected chi connectivity index (χ1v) is 4.81. The summed E-state index contributed by atoms with van der Waals surface area (Å²) in [7, 11) is 0. The van der Waals surface area contributed by atoms with E-state index in [1.54, 1.807) is 27.7 Å². The number of hydrogen-bond acceptors (Lipinski definition) is 4. The molecule has 0 saturated carbocycles. The fraction of sp³-hybridized carbons (Fsp3) is 0.900. The minimum Gasteiger partial charge on any atom is -0.358 e. The molecule has 4 N–H and O–H groups in total. The van der Waals surface area contributed by atoms with Crippen LogP contribution in [-0.4, -0.2) is 23.2 Å². The van der Waals surface area contributed by atoms with Crippen LogP contribution in [0.4, 0.5) is 0 Å². The predicted molar refractivity (Wildman–Crippen MR) is 56.7 cm³/mol. The third-order valence-corrected chi connectivity index (χ3v) is 1.70. The maximum atomic E-state index is 11.5. The van der Waals surface area contributed by atoms with E-state index < -0.39 is 11.3 Å². The number of nitrogens with two attached hydrogens (primary N) is 2. The van der Waals surface area contributed by atoms with Gasteiger partial charge in [-0.15, -0.1) is 0 Å². The number of ether oxygens (including phenoxy) is 1. The molecule has 84 valence electrons. The third-order valence-electron chi connectivity index (χ3n) is 1.70. The summed E-state index contributed by atoms with van der Waals surface area (Å²) in [6.45, 7) is 8.70. The molecule has 0 saturated heterocycles. The quantitative estimate of drug-likeness (QED) is 0.646. The fourth-order valence-corrected chi connectivity index (χ4v) is 1.08. The van der Waals surface area contributed by atoms with Crippen molar-refractivity contribution < 1.29 is 9.53 Å². The van der Waals surface area contributed by atoms with Crippen molar-refractivity contribution in [3.05, 3.63) is 0 Å². The number of hydrogen-bond donors (Lipinski definition) is 2. The van der Waals surface area contributed by atoms with Crippen LogP contribution in [0.2, 0.25) is 0 Å². The standard InChI is InChI=1S/C10H22N2O2/c1-7(14-10(4,5)12)6-8(13)9(2,3)11/h7H,6,11-12H2,1-5H3. The van der Waals surface area contributed by atoms with E-state index in [-0.39, 0.29) is 11.9 Å². The topological polar surface area (TPSA) is 78.3 Å². The number of rotatable bonds is 5. The molecular weight excluding hydrogens is 180 g/mol. The molecule has 0 radical (unpaired) electrons. The highest BCUT2D eigenvalue weighted by molar-refractivity contribution is 5.87. The van der Waals surface area contributed by atoms with E-state index in [0.29, 0.717) is 6.42 Å². The summed E-state index contributed by atoms with van der Waals surface area (Å²) < 4.78 is 5.40. The molecule has 4 heteroatoms. The molecule has 1 unspecified atom stereocenters. The Bertz CT molecular complexity index is 201. The summed E-state index contributed by atoms with van der Waals surface area (Å²) in [5.74, 6) is -0.0192. The Hall–Kier alpha value is -0.450. The van der Waals surface area contributed by atoms with Crippen molar-refractivity contribution >= 4 is 5.78 Å². The summed E-state index contributed by atoms with van der Waals surface area (Å²) in [6.07, 6.45) is 0.0924. The van der Waals surface area contributed by atoms with E-state index in [0.717, 1.165) is 0 Å². The first-order valence-electron chi connectivity index (χ1n) is 4.81. The second kappa shape index (κ2) is 4.38. The lowest BCUT2D eigenvalue weighted by Crippen LogP contribution is -2.45. The van der Waals surface area contributed by atoms with E-state index in [2.05, 4.69) is 0 Å². The maximum Gasteiger partial charge on any atom is 0.154 e. The zero-order valence-electron chi connectivity index (χ0n) is 9.76. The first-order chi connectivity index (χ1) is 6.02. The lowest BCUT2D eigenvalue weighted by molar-refractivity contribution is -0.129. The first kappa shape index (κ1) is 13.5. The minimum absolute atomic E-state index is 0.0192. The zero-order chi connectivity index (χ0) is 11.6. The number of carbonyl (C=O) groups excluding carboxylic acids is 1. The van der Waals surface area contributed by atoms with Gasteiger partial charge in [0.15, 0.2) is 5.78 Å². The van der Waals surface area contributed by atoms with Gasteiger partial charge in [0.1, 0.15) is 5.72 Å². The third kappa shape index (κ3) is 6.07. The van der Waals surface area contributed by atoms with Gasteiger partial charge in [-0.3, -0.25) is 4.79 Å². The average molecular weight is 202 g/mol. The van der Waals surface area contributed by atoms with Gasteiger partial charge in [0.25, 0.3) is 0 Å². The van der Waals surface area contributed by atoms with Gasteiger partial charge in [-0.25, -0.2) is 0 Å². The average Bonchev–Trinajstić information content (AvgIpc) is 1.79. The van der Waals surface area contributed by atoms with E-state index in [9.17, 15) is 4.79 Å². The van der Waals surface area contributed by atoms with Crippen LogP contribution in [0.5, 0.6) is 0 Å². The van der Waals surface area contributed by atoms with Crippen LogP contribution in [0, 0.1) is 0 Å². The second-order valence-electron chi connectivity index (χ2n) is 4.88. The van der Waals surface area contributed by atoms with Crippen LogP contribution in [-0.2, 0) is 9.53 Å². The van der Waals surface area contributed by atoms with E-state index >= 15 is 0 Å². The van der Waals surface area contributed by atoms with E-state index in [1.165, 1.54) is 0 Å². The van der Waals surface area contributed by atoms with Crippen molar-refractivity contribution in [2.24, 2.45) is 11.5 Å². The molecule has 0 aliphatic heterocycles. The molecule has 0 heterocycles. The van der Waals surface area contributed by atoms with Crippen molar-refractivity contribution in [2.45, 2.75) is 58.4 Å². The maximum absolute atomic E-state index is 11.5. The fourth-order valence-electron chi connectivity index (χ4n) is 1.08.